The molecule has 1 aromatic heterocycles. The first-order valence-electron chi connectivity index (χ1n) is 6.31. The predicted octanol–water partition coefficient (Wildman–Crippen LogP) is 2.50. The molecule has 0 aliphatic rings. The Bertz CT molecular complexity index is 357. The van der Waals surface area contributed by atoms with Gasteiger partial charge in [-0.1, -0.05) is 20.8 Å². The fourth-order valence-corrected chi connectivity index (χ4v) is 1.77. The van der Waals surface area contributed by atoms with Crippen molar-refractivity contribution in [2.24, 2.45) is 5.92 Å². The molecule has 0 aliphatic carbocycles. The van der Waals surface area contributed by atoms with Gasteiger partial charge in [-0.05, 0) is 19.3 Å². The first-order chi connectivity index (χ1) is 8.02. The van der Waals surface area contributed by atoms with Crippen LogP contribution in [0.25, 0.3) is 0 Å². The van der Waals surface area contributed by atoms with Crippen LogP contribution in [0.1, 0.15) is 45.1 Å². The van der Waals surface area contributed by atoms with Gasteiger partial charge < -0.3 is 9.88 Å². The molecule has 0 spiro atoms. The number of carbonyl (C=O) groups is 1. The Labute approximate surface area is 103 Å². The zero-order valence-corrected chi connectivity index (χ0v) is 11.3. The Kier molecular flexibility index (Phi) is 5.19. The highest BCUT2D eigenvalue weighted by molar-refractivity contribution is 5.76. The van der Waals surface area contributed by atoms with Crippen LogP contribution in [0, 0.1) is 12.8 Å². The van der Waals surface area contributed by atoms with E-state index in [0.717, 1.165) is 24.5 Å². The van der Waals surface area contributed by atoms with E-state index >= 15 is 0 Å². The number of hydrogen-bond donors (Lipinski definition) is 1. The number of carbonyl (C=O) groups excluding carboxylic acids is 1. The van der Waals surface area contributed by atoms with Crippen molar-refractivity contribution in [2.75, 3.05) is 6.54 Å². The van der Waals surface area contributed by atoms with E-state index in [4.69, 9.17) is 0 Å². The normalized spacial score (nSPS) is 10.9. The monoisotopic (exact) mass is 237 g/mol. The molecule has 0 unspecified atom stereocenters. The van der Waals surface area contributed by atoms with Crippen LogP contribution in [0.15, 0.2) is 6.20 Å². The average molecular weight is 237 g/mol. The fraction of sp³-hybridized carbons (Fsp3) is 0.692. The number of aromatic nitrogens is 2. The van der Waals surface area contributed by atoms with Gasteiger partial charge in [0.2, 0.25) is 5.91 Å². The van der Waals surface area contributed by atoms with E-state index in [1.165, 1.54) is 0 Å². The number of rotatable bonds is 6. The molecule has 0 bridgehead atoms. The van der Waals surface area contributed by atoms with E-state index in [0.29, 0.717) is 18.9 Å². The van der Waals surface area contributed by atoms with Crippen molar-refractivity contribution >= 4 is 5.91 Å². The molecule has 0 aromatic carbocycles. The predicted molar refractivity (Wildman–Crippen MR) is 68.5 cm³/mol. The summed E-state index contributed by atoms with van der Waals surface area (Å²) in [6.07, 6.45) is 3.38. The zero-order chi connectivity index (χ0) is 12.8. The van der Waals surface area contributed by atoms with E-state index in [-0.39, 0.29) is 5.91 Å². The zero-order valence-electron chi connectivity index (χ0n) is 11.3. The van der Waals surface area contributed by atoms with Crippen molar-refractivity contribution in [3.63, 3.8) is 0 Å². The average Bonchev–Trinajstić information content (AvgIpc) is 2.62. The molecular weight excluding hydrogens is 214 g/mol. The van der Waals surface area contributed by atoms with E-state index in [1.807, 2.05) is 11.8 Å². The van der Waals surface area contributed by atoms with Crippen LogP contribution < -0.4 is 0 Å². The lowest BCUT2D eigenvalue weighted by Gasteiger charge is -2.22. The molecular formula is C13H23N3O. The number of nitrogens with zero attached hydrogens (tertiary/aromatic N) is 2. The summed E-state index contributed by atoms with van der Waals surface area (Å²) in [5, 5.41) is 0. The Morgan fingerprint density at radius 2 is 2.24 bits per heavy atom. The minimum Gasteiger partial charge on any atom is -0.345 e. The largest absolute Gasteiger partial charge is 0.345 e. The number of nitrogens with one attached hydrogen (secondary N) is 1. The van der Waals surface area contributed by atoms with E-state index in [1.54, 1.807) is 6.20 Å². The van der Waals surface area contributed by atoms with Crippen molar-refractivity contribution in [3.05, 3.63) is 17.7 Å². The lowest BCUT2D eigenvalue weighted by atomic mass is 10.1. The van der Waals surface area contributed by atoms with Gasteiger partial charge in [0.05, 0.1) is 6.54 Å². The van der Waals surface area contributed by atoms with Gasteiger partial charge >= 0.3 is 0 Å². The Morgan fingerprint density at radius 3 is 2.71 bits per heavy atom. The van der Waals surface area contributed by atoms with Crippen molar-refractivity contribution in [3.8, 4) is 0 Å². The summed E-state index contributed by atoms with van der Waals surface area (Å²) in [6.45, 7) is 9.58. The van der Waals surface area contributed by atoms with Crippen molar-refractivity contribution < 1.29 is 4.79 Å². The molecule has 0 aliphatic heterocycles. The smallest absolute Gasteiger partial charge is 0.223 e. The molecule has 0 saturated heterocycles. The lowest BCUT2D eigenvalue weighted by Crippen LogP contribution is -2.32. The molecule has 0 atom stereocenters. The standard InChI is InChI=1S/C13H23N3O/c1-5-6-16(13(17)7-10(2)3)9-12-14-8-11(4)15-12/h8,10H,5-7,9H2,1-4H3,(H,14,15). The van der Waals surface area contributed by atoms with Crippen LogP contribution in [0.5, 0.6) is 0 Å². The second kappa shape index (κ2) is 6.42. The van der Waals surface area contributed by atoms with Crippen LogP contribution >= 0.6 is 0 Å². The summed E-state index contributed by atoms with van der Waals surface area (Å²) in [5.74, 6) is 1.49. The Morgan fingerprint density at radius 1 is 1.53 bits per heavy atom. The van der Waals surface area contributed by atoms with Crippen LogP contribution in [0.2, 0.25) is 0 Å². The topological polar surface area (TPSA) is 49.0 Å². The van der Waals surface area contributed by atoms with E-state index in [9.17, 15) is 4.79 Å². The highest BCUT2D eigenvalue weighted by Gasteiger charge is 2.15. The lowest BCUT2D eigenvalue weighted by molar-refractivity contribution is -0.132. The third-order valence-corrected chi connectivity index (χ3v) is 2.53. The molecule has 1 heterocycles. The molecule has 1 aromatic rings. The first kappa shape index (κ1) is 13.7. The third-order valence-electron chi connectivity index (χ3n) is 2.53. The number of amides is 1. The third kappa shape index (κ3) is 4.59. The van der Waals surface area contributed by atoms with Gasteiger partial charge in [-0.2, -0.15) is 0 Å². The van der Waals surface area contributed by atoms with E-state index < -0.39 is 0 Å². The number of hydrogen-bond acceptors (Lipinski definition) is 2. The van der Waals surface area contributed by atoms with Crippen molar-refractivity contribution in [1.82, 2.24) is 14.9 Å². The van der Waals surface area contributed by atoms with Crippen LogP contribution in [0.4, 0.5) is 0 Å². The first-order valence-corrected chi connectivity index (χ1v) is 6.31. The number of H-pyrrole nitrogens is 1. The Balaban J connectivity index is 2.62. The maximum Gasteiger partial charge on any atom is 0.223 e. The second-order valence-corrected chi connectivity index (χ2v) is 4.93. The second-order valence-electron chi connectivity index (χ2n) is 4.93. The van der Waals surface area contributed by atoms with Crippen molar-refractivity contribution in [2.45, 2.75) is 47.1 Å². The van der Waals surface area contributed by atoms with Gasteiger partial charge in [0.1, 0.15) is 5.82 Å². The van der Waals surface area contributed by atoms with Gasteiger partial charge in [0.25, 0.3) is 0 Å². The van der Waals surface area contributed by atoms with Gasteiger partial charge in [-0.3, -0.25) is 4.79 Å². The highest BCUT2D eigenvalue weighted by Crippen LogP contribution is 2.08. The number of imidazole rings is 1. The molecule has 96 valence electrons. The molecule has 1 N–H and O–H groups in total. The molecule has 1 amide bonds. The van der Waals surface area contributed by atoms with Gasteiger partial charge in [-0.15, -0.1) is 0 Å². The molecule has 4 nitrogen and oxygen atoms in total. The molecule has 0 radical (unpaired) electrons. The van der Waals surface area contributed by atoms with Gasteiger partial charge in [-0.25, -0.2) is 4.98 Å². The van der Waals surface area contributed by atoms with Crippen LogP contribution in [-0.2, 0) is 11.3 Å². The molecule has 0 saturated carbocycles. The fourth-order valence-electron chi connectivity index (χ4n) is 1.77. The van der Waals surface area contributed by atoms with Crippen LogP contribution in [-0.4, -0.2) is 27.3 Å². The summed E-state index contributed by atoms with van der Waals surface area (Å²) in [4.78, 5) is 21.3. The molecule has 17 heavy (non-hydrogen) atoms. The number of aromatic amines is 1. The summed E-state index contributed by atoms with van der Waals surface area (Å²) < 4.78 is 0. The highest BCUT2D eigenvalue weighted by atomic mass is 16.2. The maximum atomic E-state index is 12.0. The minimum absolute atomic E-state index is 0.218. The number of aryl methyl sites for hydroxylation is 1. The minimum atomic E-state index is 0.218. The van der Waals surface area contributed by atoms with Crippen molar-refractivity contribution in [1.29, 1.82) is 0 Å². The maximum absolute atomic E-state index is 12.0. The molecule has 1 rings (SSSR count). The SMILES string of the molecule is CCCN(Cc1ncc(C)[nH]1)C(=O)CC(C)C. The summed E-state index contributed by atoms with van der Waals surface area (Å²) in [7, 11) is 0. The van der Waals surface area contributed by atoms with Gasteiger partial charge in [0.15, 0.2) is 0 Å². The van der Waals surface area contributed by atoms with Crippen LogP contribution in [0.3, 0.4) is 0 Å². The summed E-state index contributed by atoms with van der Waals surface area (Å²) in [6, 6.07) is 0. The summed E-state index contributed by atoms with van der Waals surface area (Å²) >= 11 is 0. The quantitative estimate of drug-likeness (QED) is 0.826. The van der Waals surface area contributed by atoms with Gasteiger partial charge in [0, 0.05) is 24.9 Å². The Hall–Kier alpha value is -1.32. The molecule has 0 fully saturated rings. The summed E-state index contributed by atoms with van der Waals surface area (Å²) in [5.41, 5.74) is 1.03. The molecule has 4 heteroatoms. The van der Waals surface area contributed by atoms with E-state index in [2.05, 4.69) is 30.7 Å².